The number of hydrogen-bond acceptors (Lipinski definition) is 5. The van der Waals surface area contributed by atoms with Crippen LogP contribution in [0.15, 0.2) is 29.4 Å². The van der Waals surface area contributed by atoms with Gasteiger partial charge in [0.25, 0.3) is 11.8 Å². The molecule has 25 heavy (non-hydrogen) atoms. The maximum absolute atomic E-state index is 12.6. The summed E-state index contributed by atoms with van der Waals surface area (Å²) in [5.41, 5.74) is 0.532. The number of halogens is 1. The summed E-state index contributed by atoms with van der Waals surface area (Å²) < 4.78 is 5.32. The largest absolute Gasteiger partial charge is 0.503 e. The minimum Gasteiger partial charge on any atom is -0.503 e. The summed E-state index contributed by atoms with van der Waals surface area (Å²) in [7, 11) is 0. The molecule has 2 bridgehead atoms. The summed E-state index contributed by atoms with van der Waals surface area (Å²) in [5.74, 6) is -0.639. The highest BCUT2D eigenvalue weighted by atomic mass is 35.5. The molecule has 1 saturated heterocycles. The van der Waals surface area contributed by atoms with Crippen molar-refractivity contribution in [3.63, 3.8) is 0 Å². The Balaban J connectivity index is 1.59. The summed E-state index contributed by atoms with van der Waals surface area (Å²) in [4.78, 5) is 25.1. The molecule has 6 nitrogen and oxygen atoms in total. The second-order valence-electron chi connectivity index (χ2n) is 6.52. The second-order valence-corrected chi connectivity index (χ2v) is 6.92. The number of rotatable bonds is 4. The van der Waals surface area contributed by atoms with E-state index in [1.165, 1.54) is 12.3 Å². The van der Waals surface area contributed by atoms with Crippen LogP contribution in [-0.4, -0.2) is 34.8 Å². The van der Waals surface area contributed by atoms with E-state index in [2.05, 4.69) is 5.10 Å². The number of phenolic OH excluding ortho intramolecular Hbond substituents is 1. The van der Waals surface area contributed by atoms with Crippen molar-refractivity contribution in [1.29, 1.82) is 0 Å². The van der Waals surface area contributed by atoms with Crippen molar-refractivity contribution in [2.45, 2.75) is 13.3 Å². The molecule has 1 aromatic carbocycles. The monoisotopic (exact) mass is 360 g/mol. The van der Waals surface area contributed by atoms with Crippen molar-refractivity contribution < 1.29 is 19.4 Å². The van der Waals surface area contributed by atoms with E-state index in [0.29, 0.717) is 12.2 Å². The zero-order chi connectivity index (χ0) is 17.7. The Hall–Kier alpha value is -2.34. The SMILES string of the molecule is CCOc1cc(/C=N\N2C(=O)[C@H]3[C@H](C2=O)[C@H]2C=C[C@H]3C2)cc(Cl)c1O. The van der Waals surface area contributed by atoms with Crippen molar-refractivity contribution in [2.75, 3.05) is 6.61 Å². The van der Waals surface area contributed by atoms with Crippen LogP contribution < -0.4 is 4.74 Å². The normalized spacial score (nSPS) is 29.9. The minimum absolute atomic E-state index is 0.116. The number of ether oxygens (including phenoxy) is 1. The van der Waals surface area contributed by atoms with Gasteiger partial charge in [0.15, 0.2) is 11.5 Å². The molecule has 2 amide bonds. The number of carbonyl (C=O) groups is 2. The standard InChI is InChI=1S/C18H17ClN2O4/c1-2-25-13-6-9(5-12(19)16(13)22)8-20-21-17(23)14-10-3-4-11(7-10)15(14)18(21)24/h3-6,8,10-11,14-15,22H,2,7H2,1H3/b20-8-/t10-,11-,14+,15+/m0/s1. The zero-order valence-corrected chi connectivity index (χ0v) is 14.3. The third-order valence-corrected chi connectivity index (χ3v) is 5.41. The Kier molecular flexibility index (Phi) is 3.80. The van der Waals surface area contributed by atoms with Gasteiger partial charge in [0.2, 0.25) is 0 Å². The number of allylic oxidation sites excluding steroid dienone is 2. The predicted octanol–water partition coefficient (Wildman–Crippen LogP) is 2.59. The first-order valence-corrected chi connectivity index (χ1v) is 8.64. The molecule has 2 fully saturated rings. The lowest BCUT2D eigenvalue weighted by molar-refractivity contribution is -0.140. The van der Waals surface area contributed by atoms with Crippen LogP contribution in [0.1, 0.15) is 18.9 Å². The molecule has 7 heteroatoms. The molecule has 0 radical (unpaired) electrons. The number of imide groups is 1. The fourth-order valence-corrected chi connectivity index (χ4v) is 4.28. The van der Waals surface area contributed by atoms with Gasteiger partial charge in [0.05, 0.1) is 29.7 Å². The fourth-order valence-electron chi connectivity index (χ4n) is 4.06. The maximum Gasteiger partial charge on any atom is 0.254 e. The van der Waals surface area contributed by atoms with E-state index < -0.39 is 0 Å². The summed E-state index contributed by atoms with van der Waals surface area (Å²) >= 11 is 5.98. The van der Waals surface area contributed by atoms with Crippen molar-refractivity contribution >= 4 is 29.6 Å². The summed E-state index contributed by atoms with van der Waals surface area (Å²) in [6.45, 7) is 2.16. The van der Waals surface area contributed by atoms with E-state index >= 15 is 0 Å². The predicted molar refractivity (Wildman–Crippen MR) is 91.4 cm³/mol. The number of phenols is 1. The number of benzene rings is 1. The number of hydrazone groups is 1. The van der Waals surface area contributed by atoms with Gasteiger partial charge in [-0.2, -0.15) is 10.1 Å². The molecule has 3 aliphatic rings. The molecule has 1 aliphatic heterocycles. The maximum atomic E-state index is 12.6. The van der Waals surface area contributed by atoms with Gasteiger partial charge in [0.1, 0.15) is 0 Å². The number of aromatic hydroxyl groups is 1. The Morgan fingerprint density at radius 1 is 1.28 bits per heavy atom. The summed E-state index contributed by atoms with van der Waals surface area (Å²) in [6.07, 6.45) is 6.35. The van der Waals surface area contributed by atoms with Gasteiger partial charge in [0, 0.05) is 0 Å². The number of fused-ring (bicyclic) bond motifs is 5. The quantitative estimate of drug-likeness (QED) is 0.508. The van der Waals surface area contributed by atoms with E-state index in [9.17, 15) is 14.7 Å². The molecular formula is C18H17ClN2O4. The number of hydrogen-bond donors (Lipinski definition) is 1. The minimum atomic E-state index is -0.276. The van der Waals surface area contributed by atoms with E-state index in [4.69, 9.17) is 16.3 Å². The molecular weight excluding hydrogens is 344 g/mol. The first-order chi connectivity index (χ1) is 12.0. The number of carbonyl (C=O) groups excluding carboxylic acids is 2. The average molecular weight is 361 g/mol. The van der Waals surface area contributed by atoms with Crippen LogP contribution in [-0.2, 0) is 9.59 Å². The number of amides is 2. The topological polar surface area (TPSA) is 79.2 Å². The van der Waals surface area contributed by atoms with E-state index in [1.807, 2.05) is 12.2 Å². The number of nitrogens with zero attached hydrogens (tertiary/aromatic N) is 2. The fraction of sp³-hybridized carbons (Fsp3) is 0.389. The Labute approximate surface area is 149 Å². The van der Waals surface area contributed by atoms with Gasteiger partial charge >= 0.3 is 0 Å². The van der Waals surface area contributed by atoms with E-state index in [-0.39, 0.29) is 52.0 Å². The molecule has 1 heterocycles. The smallest absolute Gasteiger partial charge is 0.254 e. The van der Waals surface area contributed by atoms with Crippen molar-refractivity contribution in [2.24, 2.45) is 28.8 Å². The molecule has 1 saturated carbocycles. The summed E-state index contributed by atoms with van der Waals surface area (Å²) in [5, 5.41) is 15.0. The molecule has 0 spiro atoms. The third kappa shape index (κ3) is 2.43. The first kappa shape index (κ1) is 16.1. The average Bonchev–Trinajstić information content (AvgIpc) is 3.25. The highest BCUT2D eigenvalue weighted by molar-refractivity contribution is 6.32. The van der Waals surface area contributed by atoms with Crippen LogP contribution in [0.25, 0.3) is 0 Å². The lowest BCUT2D eigenvalue weighted by Crippen LogP contribution is -2.28. The lowest BCUT2D eigenvalue weighted by Gasteiger charge is -2.13. The van der Waals surface area contributed by atoms with Gasteiger partial charge in [-0.15, -0.1) is 0 Å². The van der Waals surface area contributed by atoms with Crippen LogP contribution in [0.5, 0.6) is 11.5 Å². The summed E-state index contributed by atoms with van der Waals surface area (Å²) in [6, 6.07) is 3.06. The Bertz CT molecular complexity index is 790. The highest BCUT2D eigenvalue weighted by Gasteiger charge is 2.59. The van der Waals surface area contributed by atoms with Gasteiger partial charge in [-0.1, -0.05) is 23.8 Å². The van der Waals surface area contributed by atoms with Crippen LogP contribution in [0.3, 0.4) is 0 Å². The van der Waals surface area contributed by atoms with Crippen molar-refractivity contribution in [3.05, 3.63) is 34.9 Å². The van der Waals surface area contributed by atoms with Gasteiger partial charge in [-0.25, -0.2) is 0 Å². The van der Waals surface area contributed by atoms with Crippen LogP contribution >= 0.6 is 11.6 Å². The molecule has 2 aliphatic carbocycles. The van der Waals surface area contributed by atoms with Crippen LogP contribution in [0.2, 0.25) is 5.02 Å². The van der Waals surface area contributed by atoms with Gasteiger partial charge < -0.3 is 9.84 Å². The molecule has 4 atom stereocenters. The molecule has 1 N–H and O–H groups in total. The molecule has 130 valence electrons. The van der Waals surface area contributed by atoms with Crippen LogP contribution in [0.4, 0.5) is 0 Å². The van der Waals surface area contributed by atoms with Crippen molar-refractivity contribution in [1.82, 2.24) is 5.01 Å². The van der Waals surface area contributed by atoms with Gasteiger partial charge in [-0.3, -0.25) is 9.59 Å². The Morgan fingerprint density at radius 2 is 1.92 bits per heavy atom. The van der Waals surface area contributed by atoms with E-state index in [1.54, 1.807) is 13.0 Å². The van der Waals surface area contributed by atoms with E-state index in [0.717, 1.165) is 11.4 Å². The highest BCUT2D eigenvalue weighted by Crippen LogP contribution is 2.52. The van der Waals surface area contributed by atoms with Crippen LogP contribution in [0, 0.1) is 23.7 Å². The molecule has 0 unspecified atom stereocenters. The first-order valence-electron chi connectivity index (χ1n) is 8.26. The molecule has 4 rings (SSSR count). The third-order valence-electron chi connectivity index (χ3n) is 5.12. The molecule has 0 aromatic heterocycles. The second kappa shape index (κ2) is 5.88. The zero-order valence-electron chi connectivity index (χ0n) is 13.6. The Morgan fingerprint density at radius 3 is 2.52 bits per heavy atom. The van der Waals surface area contributed by atoms with Crippen molar-refractivity contribution in [3.8, 4) is 11.5 Å². The lowest BCUT2D eigenvalue weighted by atomic mass is 9.85. The van der Waals surface area contributed by atoms with Gasteiger partial charge in [-0.05, 0) is 42.9 Å². The molecule has 1 aromatic rings.